The van der Waals surface area contributed by atoms with Gasteiger partial charge in [0.1, 0.15) is 12.4 Å². The first-order valence-corrected chi connectivity index (χ1v) is 8.83. The Morgan fingerprint density at radius 2 is 2.00 bits per heavy atom. The summed E-state index contributed by atoms with van der Waals surface area (Å²) in [5.41, 5.74) is 0.676. The van der Waals surface area contributed by atoms with Crippen molar-refractivity contribution in [1.82, 2.24) is 25.5 Å². The van der Waals surface area contributed by atoms with Crippen LogP contribution in [-0.4, -0.2) is 63.6 Å². The average molecular weight is 374 g/mol. The average Bonchev–Trinajstić information content (AvgIpc) is 3.21. The third kappa shape index (κ3) is 5.23. The van der Waals surface area contributed by atoms with Crippen LogP contribution in [0.3, 0.4) is 0 Å². The number of rotatable bonds is 7. The number of amides is 2. The summed E-state index contributed by atoms with van der Waals surface area (Å²) in [6.07, 6.45) is 1.28. The van der Waals surface area contributed by atoms with Crippen molar-refractivity contribution >= 4 is 17.5 Å². The Hall–Kier alpha value is -3.01. The van der Waals surface area contributed by atoms with Crippen molar-refractivity contribution in [3.8, 4) is 11.8 Å². The van der Waals surface area contributed by atoms with Crippen LogP contribution in [0.1, 0.15) is 19.8 Å². The van der Waals surface area contributed by atoms with E-state index in [0.29, 0.717) is 44.0 Å². The normalized spacial score (nSPS) is 14.8. The maximum Gasteiger partial charge on any atom is 0.361 e. The number of aromatic amines is 1. The molecule has 10 heteroatoms. The van der Waals surface area contributed by atoms with Crippen LogP contribution in [-0.2, 0) is 14.3 Å². The molecule has 10 nitrogen and oxygen atoms in total. The Balaban J connectivity index is 1.46. The van der Waals surface area contributed by atoms with E-state index < -0.39 is 0 Å². The molecule has 2 N–H and O–H groups in total. The van der Waals surface area contributed by atoms with Gasteiger partial charge in [0.2, 0.25) is 11.8 Å². The highest BCUT2D eigenvalue weighted by molar-refractivity contribution is 5.92. The minimum Gasteiger partial charge on any atom is -0.422 e. The van der Waals surface area contributed by atoms with Crippen LogP contribution in [0.25, 0.3) is 0 Å². The molecular formula is C17H22N6O4. The summed E-state index contributed by atoms with van der Waals surface area (Å²) in [7, 11) is 0. The van der Waals surface area contributed by atoms with Crippen molar-refractivity contribution in [3.05, 3.63) is 24.3 Å². The molecule has 0 radical (unpaired) electrons. The highest BCUT2D eigenvalue weighted by Crippen LogP contribution is 2.22. The van der Waals surface area contributed by atoms with E-state index in [2.05, 4.69) is 25.9 Å². The van der Waals surface area contributed by atoms with E-state index >= 15 is 0 Å². The third-order valence-electron chi connectivity index (χ3n) is 4.31. The quantitative estimate of drug-likeness (QED) is 0.747. The zero-order valence-corrected chi connectivity index (χ0v) is 15.1. The summed E-state index contributed by atoms with van der Waals surface area (Å²) < 4.78 is 10.5. The molecule has 2 heterocycles. The highest BCUT2D eigenvalue weighted by atomic mass is 16.5. The lowest BCUT2D eigenvalue weighted by atomic mass is 9.95. The van der Waals surface area contributed by atoms with Gasteiger partial charge < -0.3 is 19.7 Å². The van der Waals surface area contributed by atoms with E-state index in [1.165, 1.54) is 0 Å². The number of hydrogen-bond acceptors (Lipinski definition) is 7. The smallest absolute Gasteiger partial charge is 0.361 e. The summed E-state index contributed by atoms with van der Waals surface area (Å²) in [5.74, 6) is 0.360. The van der Waals surface area contributed by atoms with Crippen LogP contribution >= 0.6 is 0 Å². The van der Waals surface area contributed by atoms with Gasteiger partial charge in [-0.3, -0.25) is 9.59 Å². The van der Waals surface area contributed by atoms with Gasteiger partial charge in [-0.2, -0.15) is 5.21 Å². The van der Waals surface area contributed by atoms with Crippen molar-refractivity contribution in [3.63, 3.8) is 0 Å². The SMILES string of the molecule is CCOCC(=O)N1CCC(C(=O)Nc2ccc(Oc3nn[nH]n3)cc2)CC1. The van der Waals surface area contributed by atoms with Gasteiger partial charge in [-0.05, 0) is 49.2 Å². The summed E-state index contributed by atoms with van der Waals surface area (Å²) in [5, 5.41) is 16.0. The monoisotopic (exact) mass is 374 g/mol. The molecule has 1 aromatic heterocycles. The molecule has 0 bridgehead atoms. The van der Waals surface area contributed by atoms with Crippen LogP contribution in [0.15, 0.2) is 24.3 Å². The van der Waals surface area contributed by atoms with Crippen molar-refractivity contribution in [1.29, 1.82) is 0 Å². The second-order valence-corrected chi connectivity index (χ2v) is 6.10. The molecule has 0 spiro atoms. The second-order valence-electron chi connectivity index (χ2n) is 6.10. The van der Waals surface area contributed by atoms with Gasteiger partial charge in [0, 0.05) is 31.3 Å². The van der Waals surface area contributed by atoms with Crippen LogP contribution in [0, 0.1) is 5.92 Å². The fourth-order valence-corrected chi connectivity index (χ4v) is 2.82. The number of hydrogen-bond donors (Lipinski definition) is 2. The molecule has 1 saturated heterocycles. The first-order valence-electron chi connectivity index (χ1n) is 8.83. The number of carbonyl (C=O) groups is 2. The molecule has 144 valence electrons. The van der Waals surface area contributed by atoms with Gasteiger partial charge in [0.15, 0.2) is 0 Å². The molecule has 0 atom stereocenters. The number of nitrogens with zero attached hydrogens (tertiary/aromatic N) is 4. The van der Waals surface area contributed by atoms with Crippen molar-refractivity contribution in [2.45, 2.75) is 19.8 Å². The molecule has 27 heavy (non-hydrogen) atoms. The van der Waals surface area contributed by atoms with E-state index in [1.54, 1.807) is 29.2 Å². The van der Waals surface area contributed by atoms with Gasteiger partial charge >= 0.3 is 6.01 Å². The van der Waals surface area contributed by atoms with Crippen LogP contribution in [0.5, 0.6) is 11.8 Å². The fourth-order valence-electron chi connectivity index (χ4n) is 2.82. The maximum absolute atomic E-state index is 12.5. The van der Waals surface area contributed by atoms with Gasteiger partial charge in [-0.1, -0.05) is 10.2 Å². The number of anilines is 1. The molecule has 1 aliphatic rings. The van der Waals surface area contributed by atoms with Crippen LogP contribution in [0.2, 0.25) is 0 Å². The Labute approximate surface area is 156 Å². The van der Waals surface area contributed by atoms with E-state index in [1.807, 2.05) is 6.92 Å². The highest BCUT2D eigenvalue weighted by Gasteiger charge is 2.27. The Morgan fingerprint density at radius 1 is 1.26 bits per heavy atom. The van der Waals surface area contributed by atoms with Crippen molar-refractivity contribution in [2.75, 3.05) is 31.6 Å². The number of tetrazole rings is 1. The van der Waals surface area contributed by atoms with E-state index in [-0.39, 0.29) is 30.3 Å². The molecule has 3 rings (SSSR count). The number of piperidine rings is 1. The molecular weight excluding hydrogens is 352 g/mol. The van der Waals surface area contributed by atoms with Crippen molar-refractivity contribution < 1.29 is 19.1 Å². The minimum absolute atomic E-state index is 0.0205. The van der Waals surface area contributed by atoms with Crippen LogP contribution < -0.4 is 10.1 Å². The standard InChI is InChI=1S/C17H22N6O4/c1-2-26-11-15(24)23-9-7-12(8-10-23)16(25)18-13-3-5-14(6-4-13)27-17-19-21-22-20-17/h3-6,12H,2,7-11H2,1H3,(H,18,25)(H,19,20,21,22). The van der Waals surface area contributed by atoms with E-state index in [4.69, 9.17) is 9.47 Å². The summed E-state index contributed by atoms with van der Waals surface area (Å²) in [6.45, 7) is 3.62. The van der Waals surface area contributed by atoms with E-state index in [9.17, 15) is 9.59 Å². The zero-order valence-electron chi connectivity index (χ0n) is 15.1. The molecule has 2 aromatic rings. The second kappa shape index (κ2) is 9.08. The number of ether oxygens (including phenoxy) is 2. The minimum atomic E-state index is -0.114. The Kier molecular flexibility index (Phi) is 6.31. The van der Waals surface area contributed by atoms with Crippen molar-refractivity contribution in [2.24, 2.45) is 5.92 Å². The van der Waals surface area contributed by atoms with Gasteiger partial charge in [-0.15, -0.1) is 0 Å². The number of likely N-dealkylation sites (tertiary alicyclic amines) is 1. The molecule has 0 aliphatic carbocycles. The molecule has 2 amide bonds. The molecule has 1 aromatic carbocycles. The van der Waals surface area contributed by atoms with Gasteiger partial charge in [-0.25, -0.2) is 0 Å². The Morgan fingerprint density at radius 3 is 2.63 bits per heavy atom. The lowest BCUT2D eigenvalue weighted by molar-refractivity contribution is -0.138. The lowest BCUT2D eigenvalue weighted by Gasteiger charge is -2.31. The third-order valence-corrected chi connectivity index (χ3v) is 4.31. The number of carbonyl (C=O) groups excluding carboxylic acids is 2. The number of benzene rings is 1. The zero-order chi connectivity index (χ0) is 19.1. The number of aromatic nitrogens is 4. The molecule has 0 saturated carbocycles. The lowest BCUT2D eigenvalue weighted by Crippen LogP contribution is -2.42. The van der Waals surface area contributed by atoms with Gasteiger partial charge in [0.05, 0.1) is 0 Å². The first-order chi connectivity index (χ1) is 13.2. The predicted molar refractivity (Wildman–Crippen MR) is 95.1 cm³/mol. The topological polar surface area (TPSA) is 122 Å². The largest absolute Gasteiger partial charge is 0.422 e. The van der Waals surface area contributed by atoms with Crippen LogP contribution in [0.4, 0.5) is 5.69 Å². The fraction of sp³-hybridized carbons (Fsp3) is 0.471. The summed E-state index contributed by atoms with van der Waals surface area (Å²) >= 11 is 0. The number of H-pyrrole nitrogens is 1. The van der Waals surface area contributed by atoms with Gasteiger partial charge in [0.25, 0.3) is 0 Å². The molecule has 0 unspecified atom stereocenters. The summed E-state index contributed by atoms with van der Waals surface area (Å²) in [4.78, 5) is 26.2. The molecule has 1 fully saturated rings. The molecule has 1 aliphatic heterocycles. The Bertz CT molecular complexity index is 741. The maximum atomic E-state index is 12.5. The number of nitrogens with one attached hydrogen (secondary N) is 2. The first kappa shape index (κ1) is 18.8. The summed E-state index contributed by atoms with van der Waals surface area (Å²) in [6, 6.07) is 7.03. The van der Waals surface area contributed by atoms with E-state index in [0.717, 1.165) is 0 Å². The predicted octanol–water partition coefficient (Wildman–Crippen LogP) is 1.21.